The summed E-state index contributed by atoms with van der Waals surface area (Å²) >= 11 is 7.68. The van der Waals surface area contributed by atoms with E-state index in [-0.39, 0.29) is 3.23 Å². The van der Waals surface area contributed by atoms with Crippen LogP contribution >= 0.6 is 31.9 Å². The van der Waals surface area contributed by atoms with E-state index in [4.69, 9.17) is 0 Å². The molecule has 1 aliphatic carbocycles. The van der Waals surface area contributed by atoms with Crippen LogP contribution in [0.4, 0.5) is 0 Å². The zero-order valence-electron chi connectivity index (χ0n) is 10.1. The summed E-state index contributed by atoms with van der Waals surface area (Å²) < 4.78 is 0.134. The minimum absolute atomic E-state index is 0.134. The third kappa shape index (κ3) is 2.32. The van der Waals surface area contributed by atoms with Crippen LogP contribution in [0.25, 0.3) is 0 Å². The molecular formula is C13H18Br2Si. The molecule has 0 saturated heterocycles. The average Bonchev–Trinajstić information content (AvgIpc) is 2.68. The van der Waals surface area contributed by atoms with E-state index in [1.54, 1.807) is 0 Å². The maximum atomic E-state index is 3.84. The van der Waals surface area contributed by atoms with E-state index in [0.29, 0.717) is 5.41 Å². The Morgan fingerprint density at radius 3 is 2.00 bits per heavy atom. The number of hydrogen-bond acceptors (Lipinski definition) is 0. The quantitative estimate of drug-likeness (QED) is 0.515. The van der Waals surface area contributed by atoms with Crippen LogP contribution in [0.2, 0.25) is 25.7 Å². The molecule has 1 atom stereocenters. The normalized spacial score (nSPS) is 27.8. The van der Waals surface area contributed by atoms with Gasteiger partial charge in [0, 0.05) is 13.5 Å². The molecule has 88 valence electrons. The number of halogens is 2. The summed E-state index contributed by atoms with van der Waals surface area (Å²) in [6.07, 6.45) is 1.20. The lowest BCUT2D eigenvalue weighted by Gasteiger charge is -2.26. The highest BCUT2D eigenvalue weighted by Crippen LogP contribution is 2.70. The fourth-order valence-corrected chi connectivity index (χ4v) is 7.26. The van der Waals surface area contributed by atoms with Crippen LogP contribution in [0.15, 0.2) is 30.3 Å². The first kappa shape index (κ1) is 12.8. The zero-order chi connectivity index (χ0) is 12.0. The lowest BCUT2D eigenvalue weighted by atomic mass is 9.98. The summed E-state index contributed by atoms with van der Waals surface area (Å²) in [7, 11) is -1.06. The molecule has 1 unspecified atom stereocenters. The maximum Gasteiger partial charge on any atom is 0.0908 e. The monoisotopic (exact) mass is 360 g/mol. The Hall–Kier alpha value is 0.397. The smallest absolute Gasteiger partial charge is 0.0717 e. The van der Waals surface area contributed by atoms with Gasteiger partial charge in [0.1, 0.15) is 0 Å². The minimum atomic E-state index is -1.06. The first-order valence-corrected chi connectivity index (χ1v) is 11.0. The zero-order valence-corrected chi connectivity index (χ0v) is 14.2. The molecule has 1 aromatic carbocycles. The standard InChI is InChI=1S/C13H18Br2Si/c1-16(2,3)10-12(9-13(12,14)15)11-7-5-4-6-8-11/h4-8H,9-10H2,1-3H3. The van der Waals surface area contributed by atoms with Crippen LogP contribution in [0, 0.1) is 0 Å². The third-order valence-electron chi connectivity index (χ3n) is 3.26. The van der Waals surface area contributed by atoms with Gasteiger partial charge in [-0.05, 0) is 18.0 Å². The second-order valence-electron chi connectivity index (χ2n) is 6.07. The van der Waals surface area contributed by atoms with Crippen molar-refractivity contribution in [1.29, 1.82) is 0 Å². The van der Waals surface area contributed by atoms with Crippen molar-refractivity contribution in [3.63, 3.8) is 0 Å². The molecule has 1 fully saturated rings. The topological polar surface area (TPSA) is 0 Å². The molecule has 0 bridgehead atoms. The lowest BCUT2D eigenvalue weighted by molar-refractivity contribution is 0.768. The van der Waals surface area contributed by atoms with E-state index >= 15 is 0 Å². The van der Waals surface area contributed by atoms with Crippen LogP contribution < -0.4 is 0 Å². The molecule has 1 aromatic rings. The van der Waals surface area contributed by atoms with Gasteiger partial charge < -0.3 is 0 Å². The Balaban J connectivity index is 2.33. The van der Waals surface area contributed by atoms with Crippen LogP contribution in [0.5, 0.6) is 0 Å². The maximum absolute atomic E-state index is 3.84. The highest BCUT2D eigenvalue weighted by atomic mass is 79.9. The van der Waals surface area contributed by atoms with E-state index in [1.165, 1.54) is 18.0 Å². The van der Waals surface area contributed by atoms with E-state index in [1.807, 2.05) is 0 Å². The van der Waals surface area contributed by atoms with Crippen molar-refractivity contribution in [3.05, 3.63) is 35.9 Å². The molecule has 1 aliphatic rings. The molecular weight excluding hydrogens is 344 g/mol. The summed E-state index contributed by atoms with van der Waals surface area (Å²) in [5.41, 5.74) is 1.80. The van der Waals surface area contributed by atoms with Crippen molar-refractivity contribution in [2.45, 2.75) is 40.8 Å². The predicted molar refractivity (Wildman–Crippen MR) is 81.5 cm³/mol. The number of benzene rings is 1. The van der Waals surface area contributed by atoms with Gasteiger partial charge in [-0.25, -0.2) is 0 Å². The summed E-state index contributed by atoms with van der Waals surface area (Å²) in [5, 5.41) is 0. The van der Waals surface area contributed by atoms with Crippen molar-refractivity contribution in [2.24, 2.45) is 0 Å². The Morgan fingerprint density at radius 2 is 1.62 bits per heavy atom. The molecule has 16 heavy (non-hydrogen) atoms. The molecule has 0 amide bonds. The van der Waals surface area contributed by atoms with Gasteiger partial charge in [-0.1, -0.05) is 81.8 Å². The van der Waals surface area contributed by atoms with Gasteiger partial charge in [0.05, 0.1) is 3.23 Å². The molecule has 3 heteroatoms. The summed E-state index contributed by atoms with van der Waals surface area (Å²) in [6.45, 7) is 7.35. The van der Waals surface area contributed by atoms with Gasteiger partial charge in [-0.3, -0.25) is 0 Å². The molecule has 0 radical (unpaired) electrons. The molecule has 0 nitrogen and oxygen atoms in total. The first-order valence-electron chi connectivity index (χ1n) is 5.70. The average molecular weight is 362 g/mol. The number of alkyl halides is 2. The molecule has 0 heterocycles. The van der Waals surface area contributed by atoms with Gasteiger partial charge in [0.25, 0.3) is 0 Å². The Kier molecular flexibility index (Phi) is 3.18. The van der Waals surface area contributed by atoms with Crippen LogP contribution in [-0.2, 0) is 5.41 Å². The van der Waals surface area contributed by atoms with Gasteiger partial charge in [-0.15, -0.1) is 0 Å². The third-order valence-corrected chi connectivity index (χ3v) is 7.00. The fourth-order valence-electron chi connectivity index (χ4n) is 2.60. The van der Waals surface area contributed by atoms with Gasteiger partial charge >= 0.3 is 0 Å². The fraction of sp³-hybridized carbons (Fsp3) is 0.538. The van der Waals surface area contributed by atoms with Crippen molar-refractivity contribution in [3.8, 4) is 0 Å². The molecule has 0 aromatic heterocycles. The molecule has 1 saturated carbocycles. The van der Waals surface area contributed by atoms with Gasteiger partial charge in [0.2, 0.25) is 0 Å². The highest BCUT2D eigenvalue weighted by molar-refractivity contribution is 9.25. The molecule has 0 N–H and O–H groups in total. The van der Waals surface area contributed by atoms with E-state index in [0.717, 1.165) is 0 Å². The molecule has 0 spiro atoms. The number of rotatable bonds is 3. The second-order valence-corrected chi connectivity index (χ2v) is 15.3. The first-order chi connectivity index (χ1) is 7.27. The predicted octanol–water partition coefficient (Wildman–Crippen LogP) is 5.15. The van der Waals surface area contributed by atoms with Crippen molar-refractivity contribution < 1.29 is 0 Å². The van der Waals surface area contributed by atoms with Crippen LogP contribution in [-0.4, -0.2) is 11.3 Å². The Morgan fingerprint density at radius 1 is 1.12 bits per heavy atom. The number of hydrogen-bond donors (Lipinski definition) is 0. The summed E-state index contributed by atoms with van der Waals surface area (Å²) in [5.74, 6) is 0. The van der Waals surface area contributed by atoms with Crippen molar-refractivity contribution in [2.75, 3.05) is 0 Å². The second kappa shape index (κ2) is 3.96. The van der Waals surface area contributed by atoms with Crippen molar-refractivity contribution >= 4 is 39.9 Å². The van der Waals surface area contributed by atoms with Crippen molar-refractivity contribution in [1.82, 2.24) is 0 Å². The van der Waals surface area contributed by atoms with Gasteiger partial charge in [0.15, 0.2) is 0 Å². The Labute approximate surface area is 116 Å². The van der Waals surface area contributed by atoms with Crippen LogP contribution in [0.1, 0.15) is 12.0 Å². The molecule has 0 aliphatic heterocycles. The minimum Gasteiger partial charge on any atom is -0.0717 e. The van der Waals surface area contributed by atoms with E-state index in [2.05, 4.69) is 81.8 Å². The molecule has 2 rings (SSSR count). The Bertz CT molecular complexity index is 381. The highest BCUT2D eigenvalue weighted by Gasteiger charge is 2.66. The van der Waals surface area contributed by atoms with Gasteiger partial charge in [-0.2, -0.15) is 0 Å². The van der Waals surface area contributed by atoms with E-state index < -0.39 is 8.07 Å². The summed E-state index contributed by atoms with van der Waals surface area (Å²) in [4.78, 5) is 0. The lowest BCUT2D eigenvalue weighted by Crippen LogP contribution is -2.29. The summed E-state index contributed by atoms with van der Waals surface area (Å²) in [6, 6.07) is 12.3. The largest absolute Gasteiger partial charge is 0.0908 e. The van der Waals surface area contributed by atoms with Crippen LogP contribution in [0.3, 0.4) is 0 Å². The van der Waals surface area contributed by atoms with E-state index in [9.17, 15) is 0 Å². The SMILES string of the molecule is C[Si](C)(C)CC1(c2ccccc2)CC1(Br)Br.